The second kappa shape index (κ2) is 5.49. The van der Waals surface area contributed by atoms with Gasteiger partial charge in [-0.05, 0) is 30.7 Å². The minimum Gasteiger partial charge on any atom is -0.377 e. The number of rotatable bonds is 6. The summed E-state index contributed by atoms with van der Waals surface area (Å²) in [6.07, 6.45) is 4.46. The minimum atomic E-state index is 0.568. The topological polar surface area (TPSA) is 21.3 Å². The van der Waals surface area contributed by atoms with Crippen molar-refractivity contribution >= 4 is 11.3 Å². The van der Waals surface area contributed by atoms with Crippen LogP contribution >= 0.6 is 11.3 Å². The molecule has 1 fully saturated rings. The maximum Gasteiger partial charge on any atom is 0.0594 e. The number of nitrogens with one attached hydrogen (secondary N) is 1. The first-order chi connectivity index (χ1) is 6.95. The molecule has 2 rings (SSSR count). The van der Waals surface area contributed by atoms with E-state index in [1.165, 1.54) is 24.1 Å². The molecule has 0 aliphatic heterocycles. The molecule has 1 aromatic rings. The molecule has 2 nitrogen and oxygen atoms in total. The second-order valence-electron chi connectivity index (χ2n) is 3.68. The third kappa shape index (κ3) is 3.08. The monoisotopic (exact) mass is 211 g/mol. The number of hydrogen-bond acceptors (Lipinski definition) is 3. The van der Waals surface area contributed by atoms with Gasteiger partial charge in [0.25, 0.3) is 0 Å². The zero-order chi connectivity index (χ0) is 9.64. The maximum atomic E-state index is 5.64. The van der Waals surface area contributed by atoms with Crippen molar-refractivity contribution in [3.8, 4) is 0 Å². The Kier molecular flexibility index (Phi) is 3.98. The molecule has 1 N–H and O–H groups in total. The molecule has 78 valence electrons. The standard InChI is InChI=1S/C11H17NOS/c1-3-10(4-1)13-7-6-12-9-11-5-2-8-14-11/h2,5,8,10,12H,1,3-4,6-7,9H2. The van der Waals surface area contributed by atoms with Gasteiger partial charge >= 0.3 is 0 Å². The first-order valence-corrected chi connectivity index (χ1v) is 6.18. The van der Waals surface area contributed by atoms with Crippen molar-refractivity contribution < 1.29 is 4.74 Å². The van der Waals surface area contributed by atoms with Crippen LogP contribution in [0.3, 0.4) is 0 Å². The van der Waals surface area contributed by atoms with E-state index >= 15 is 0 Å². The predicted octanol–water partition coefficient (Wildman–Crippen LogP) is 2.41. The van der Waals surface area contributed by atoms with Crippen molar-refractivity contribution in [2.75, 3.05) is 13.2 Å². The Bertz CT molecular complexity index is 244. The van der Waals surface area contributed by atoms with Crippen LogP contribution in [0.15, 0.2) is 17.5 Å². The summed E-state index contributed by atoms with van der Waals surface area (Å²) < 4.78 is 5.64. The van der Waals surface area contributed by atoms with Crippen molar-refractivity contribution in [2.45, 2.75) is 31.9 Å². The Labute approximate surface area is 89.3 Å². The minimum absolute atomic E-state index is 0.568. The summed E-state index contributed by atoms with van der Waals surface area (Å²) in [7, 11) is 0. The van der Waals surface area contributed by atoms with E-state index < -0.39 is 0 Å². The van der Waals surface area contributed by atoms with Crippen LogP contribution in [0.4, 0.5) is 0 Å². The fourth-order valence-corrected chi connectivity index (χ4v) is 2.13. The molecule has 1 heterocycles. The fraction of sp³-hybridized carbons (Fsp3) is 0.636. The van der Waals surface area contributed by atoms with Gasteiger partial charge in [0.2, 0.25) is 0 Å². The molecule has 0 unspecified atom stereocenters. The van der Waals surface area contributed by atoms with E-state index in [1.54, 1.807) is 11.3 Å². The largest absolute Gasteiger partial charge is 0.377 e. The molecular formula is C11H17NOS. The van der Waals surface area contributed by atoms with Crippen molar-refractivity contribution in [1.29, 1.82) is 0 Å². The molecule has 0 bridgehead atoms. The molecule has 0 radical (unpaired) electrons. The molecule has 0 atom stereocenters. The molecule has 0 spiro atoms. The lowest BCUT2D eigenvalue weighted by Crippen LogP contribution is -2.26. The van der Waals surface area contributed by atoms with Gasteiger partial charge in [-0.15, -0.1) is 11.3 Å². The normalized spacial score (nSPS) is 16.9. The lowest BCUT2D eigenvalue weighted by molar-refractivity contribution is 0.00421. The molecule has 3 heteroatoms. The van der Waals surface area contributed by atoms with E-state index in [4.69, 9.17) is 4.74 Å². The lowest BCUT2D eigenvalue weighted by atomic mass is 9.96. The van der Waals surface area contributed by atoms with Crippen LogP contribution in [-0.4, -0.2) is 19.3 Å². The van der Waals surface area contributed by atoms with Gasteiger partial charge in [0.05, 0.1) is 12.7 Å². The molecule has 0 amide bonds. The maximum absolute atomic E-state index is 5.64. The van der Waals surface area contributed by atoms with Crippen LogP contribution in [0.25, 0.3) is 0 Å². The fourth-order valence-electron chi connectivity index (χ4n) is 1.46. The molecule has 1 aliphatic carbocycles. The van der Waals surface area contributed by atoms with Gasteiger partial charge in [-0.2, -0.15) is 0 Å². The highest BCUT2D eigenvalue weighted by Gasteiger charge is 2.16. The third-order valence-electron chi connectivity index (χ3n) is 2.56. The van der Waals surface area contributed by atoms with Crippen LogP contribution in [0, 0.1) is 0 Å². The Balaban J connectivity index is 1.47. The molecular weight excluding hydrogens is 194 g/mol. The summed E-state index contributed by atoms with van der Waals surface area (Å²) in [6, 6.07) is 4.25. The summed E-state index contributed by atoms with van der Waals surface area (Å²) in [5.74, 6) is 0. The molecule has 1 saturated carbocycles. The molecule has 0 aromatic carbocycles. The van der Waals surface area contributed by atoms with Gasteiger partial charge in [-0.3, -0.25) is 0 Å². The number of thiophene rings is 1. The van der Waals surface area contributed by atoms with Crippen molar-refractivity contribution in [3.63, 3.8) is 0 Å². The zero-order valence-corrected chi connectivity index (χ0v) is 9.19. The second-order valence-corrected chi connectivity index (χ2v) is 4.71. The van der Waals surface area contributed by atoms with Gasteiger partial charge < -0.3 is 10.1 Å². The summed E-state index contributed by atoms with van der Waals surface area (Å²) in [6.45, 7) is 2.80. The van der Waals surface area contributed by atoms with Gasteiger partial charge in [0.15, 0.2) is 0 Å². The first kappa shape index (κ1) is 10.1. The predicted molar refractivity (Wildman–Crippen MR) is 59.6 cm³/mol. The highest BCUT2D eigenvalue weighted by atomic mass is 32.1. The van der Waals surface area contributed by atoms with Crippen molar-refractivity contribution in [3.05, 3.63) is 22.4 Å². The Morgan fingerprint density at radius 2 is 2.43 bits per heavy atom. The molecule has 1 aromatic heterocycles. The van der Waals surface area contributed by atoms with E-state index in [0.29, 0.717) is 6.10 Å². The van der Waals surface area contributed by atoms with Gasteiger partial charge in [0.1, 0.15) is 0 Å². The van der Waals surface area contributed by atoms with Crippen molar-refractivity contribution in [2.24, 2.45) is 0 Å². The Morgan fingerprint density at radius 3 is 3.07 bits per heavy atom. The van der Waals surface area contributed by atoms with Gasteiger partial charge in [-0.25, -0.2) is 0 Å². The number of hydrogen-bond donors (Lipinski definition) is 1. The SMILES string of the molecule is c1csc(CNCCOC2CCC2)c1. The van der Waals surface area contributed by atoms with E-state index in [1.807, 2.05) is 0 Å². The quantitative estimate of drug-likeness (QED) is 0.730. The zero-order valence-electron chi connectivity index (χ0n) is 8.37. The van der Waals surface area contributed by atoms with E-state index in [9.17, 15) is 0 Å². The summed E-state index contributed by atoms with van der Waals surface area (Å²) in [4.78, 5) is 1.40. The molecule has 14 heavy (non-hydrogen) atoms. The van der Waals surface area contributed by atoms with Crippen LogP contribution < -0.4 is 5.32 Å². The van der Waals surface area contributed by atoms with Crippen LogP contribution in [0.5, 0.6) is 0 Å². The highest BCUT2D eigenvalue weighted by molar-refractivity contribution is 7.09. The smallest absolute Gasteiger partial charge is 0.0594 e. The van der Waals surface area contributed by atoms with Crippen LogP contribution in [-0.2, 0) is 11.3 Å². The van der Waals surface area contributed by atoms with E-state index in [2.05, 4.69) is 22.8 Å². The molecule has 1 aliphatic rings. The Hall–Kier alpha value is -0.380. The molecule has 0 saturated heterocycles. The lowest BCUT2D eigenvalue weighted by Gasteiger charge is -2.25. The first-order valence-electron chi connectivity index (χ1n) is 5.30. The summed E-state index contributed by atoms with van der Waals surface area (Å²) in [5, 5.41) is 5.49. The average Bonchev–Trinajstić information content (AvgIpc) is 2.60. The number of ether oxygens (including phenoxy) is 1. The van der Waals surface area contributed by atoms with Crippen LogP contribution in [0.2, 0.25) is 0 Å². The highest BCUT2D eigenvalue weighted by Crippen LogP contribution is 2.21. The van der Waals surface area contributed by atoms with E-state index in [-0.39, 0.29) is 0 Å². The summed E-state index contributed by atoms with van der Waals surface area (Å²) in [5.41, 5.74) is 0. The average molecular weight is 211 g/mol. The summed E-state index contributed by atoms with van der Waals surface area (Å²) >= 11 is 1.80. The van der Waals surface area contributed by atoms with Gasteiger partial charge in [-0.1, -0.05) is 6.07 Å². The third-order valence-corrected chi connectivity index (χ3v) is 3.44. The van der Waals surface area contributed by atoms with E-state index in [0.717, 1.165) is 19.7 Å². The van der Waals surface area contributed by atoms with Gasteiger partial charge in [0, 0.05) is 18.0 Å². The van der Waals surface area contributed by atoms with Crippen LogP contribution in [0.1, 0.15) is 24.1 Å². The Morgan fingerprint density at radius 1 is 1.50 bits per heavy atom. The van der Waals surface area contributed by atoms with Crippen molar-refractivity contribution in [1.82, 2.24) is 5.32 Å².